The molecule has 1 N–H and O–H groups in total. The molecule has 0 aliphatic heterocycles. The molecule has 2 aromatic heterocycles. The first-order valence-electron chi connectivity index (χ1n) is 5.67. The van der Waals surface area contributed by atoms with Crippen LogP contribution in [0.5, 0.6) is 0 Å². The molecular weight excluding hydrogens is 235 g/mol. The van der Waals surface area contributed by atoms with Crippen molar-refractivity contribution in [3.05, 3.63) is 52.2 Å². The smallest absolute Gasteiger partial charge is 0.146 e. The number of nitrogens with zero attached hydrogens (tertiary/aromatic N) is 1. The maximum Gasteiger partial charge on any atom is 0.146 e. The molecule has 90 valence electrons. The maximum atomic E-state index is 13.7. The first-order chi connectivity index (χ1) is 8.31. The SMILES string of the molecule is CCNC(Cc1cccs1)c1ncccc1F. The lowest BCUT2D eigenvalue weighted by atomic mass is 10.1. The fourth-order valence-electron chi connectivity index (χ4n) is 1.80. The van der Waals surface area contributed by atoms with Crippen molar-refractivity contribution in [3.8, 4) is 0 Å². The number of aromatic nitrogens is 1. The molecule has 4 heteroatoms. The number of rotatable bonds is 5. The number of pyridine rings is 1. The summed E-state index contributed by atoms with van der Waals surface area (Å²) in [6.07, 6.45) is 2.41. The van der Waals surface area contributed by atoms with Crippen LogP contribution in [0.3, 0.4) is 0 Å². The standard InChI is InChI=1S/C13H15FN2S/c1-2-15-12(9-10-5-4-8-17-10)13-11(14)6-3-7-16-13/h3-8,12,15H,2,9H2,1H3. The lowest BCUT2D eigenvalue weighted by Gasteiger charge is -2.17. The van der Waals surface area contributed by atoms with Gasteiger partial charge in [-0.2, -0.15) is 0 Å². The monoisotopic (exact) mass is 250 g/mol. The van der Waals surface area contributed by atoms with E-state index in [0.717, 1.165) is 13.0 Å². The molecule has 0 aliphatic rings. The van der Waals surface area contributed by atoms with Crippen LogP contribution in [-0.2, 0) is 6.42 Å². The largest absolute Gasteiger partial charge is 0.309 e. The molecule has 0 fully saturated rings. The highest BCUT2D eigenvalue weighted by Gasteiger charge is 2.16. The van der Waals surface area contributed by atoms with Crippen molar-refractivity contribution in [1.82, 2.24) is 10.3 Å². The van der Waals surface area contributed by atoms with Crippen molar-refractivity contribution in [3.63, 3.8) is 0 Å². The first kappa shape index (κ1) is 12.2. The molecule has 1 atom stereocenters. The second-order valence-electron chi connectivity index (χ2n) is 3.76. The fourth-order valence-corrected chi connectivity index (χ4v) is 2.55. The first-order valence-corrected chi connectivity index (χ1v) is 6.55. The molecule has 0 bridgehead atoms. The Bertz CT molecular complexity index is 456. The Morgan fingerprint density at radius 3 is 2.94 bits per heavy atom. The van der Waals surface area contributed by atoms with E-state index < -0.39 is 0 Å². The van der Waals surface area contributed by atoms with Gasteiger partial charge in [-0.1, -0.05) is 13.0 Å². The summed E-state index contributed by atoms with van der Waals surface area (Å²) in [4.78, 5) is 5.38. The van der Waals surface area contributed by atoms with Crippen molar-refractivity contribution in [2.24, 2.45) is 0 Å². The summed E-state index contributed by atoms with van der Waals surface area (Å²) in [7, 11) is 0. The maximum absolute atomic E-state index is 13.7. The zero-order valence-corrected chi connectivity index (χ0v) is 10.5. The second kappa shape index (κ2) is 5.89. The van der Waals surface area contributed by atoms with E-state index in [2.05, 4.69) is 16.4 Å². The van der Waals surface area contributed by atoms with Gasteiger partial charge in [-0.25, -0.2) is 4.39 Å². The van der Waals surface area contributed by atoms with Gasteiger partial charge >= 0.3 is 0 Å². The quantitative estimate of drug-likeness (QED) is 0.881. The van der Waals surface area contributed by atoms with Gasteiger partial charge in [0.25, 0.3) is 0 Å². The lowest BCUT2D eigenvalue weighted by molar-refractivity contribution is 0.496. The molecule has 0 aromatic carbocycles. The number of thiophene rings is 1. The number of hydrogen-bond donors (Lipinski definition) is 1. The van der Waals surface area contributed by atoms with Gasteiger partial charge in [0.1, 0.15) is 5.82 Å². The van der Waals surface area contributed by atoms with E-state index in [-0.39, 0.29) is 11.9 Å². The highest BCUT2D eigenvalue weighted by molar-refractivity contribution is 7.09. The molecule has 2 nitrogen and oxygen atoms in total. The average molecular weight is 250 g/mol. The van der Waals surface area contributed by atoms with Gasteiger partial charge in [-0.3, -0.25) is 4.98 Å². The highest BCUT2D eigenvalue weighted by Crippen LogP contribution is 2.21. The van der Waals surface area contributed by atoms with E-state index in [9.17, 15) is 4.39 Å². The van der Waals surface area contributed by atoms with Crippen molar-refractivity contribution in [2.45, 2.75) is 19.4 Å². The van der Waals surface area contributed by atoms with Crippen molar-refractivity contribution in [2.75, 3.05) is 6.54 Å². The molecule has 0 spiro atoms. The molecule has 0 saturated carbocycles. The normalized spacial score (nSPS) is 12.6. The highest BCUT2D eigenvalue weighted by atomic mass is 32.1. The van der Waals surface area contributed by atoms with Crippen LogP contribution >= 0.6 is 11.3 Å². The third-order valence-corrected chi connectivity index (χ3v) is 3.45. The van der Waals surface area contributed by atoms with Gasteiger partial charge in [0.05, 0.1) is 11.7 Å². The van der Waals surface area contributed by atoms with Crippen molar-refractivity contribution >= 4 is 11.3 Å². The lowest BCUT2D eigenvalue weighted by Crippen LogP contribution is -2.24. The van der Waals surface area contributed by atoms with Crippen LogP contribution in [0.25, 0.3) is 0 Å². The zero-order chi connectivity index (χ0) is 12.1. The molecule has 2 rings (SSSR count). The molecule has 2 heterocycles. The van der Waals surface area contributed by atoms with E-state index in [0.29, 0.717) is 5.69 Å². The third kappa shape index (κ3) is 3.11. The Morgan fingerprint density at radius 1 is 1.41 bits per heavy atom. The Balaban J connectivity index is 2.20. The summed E-state index contributed by atoms with van der Waals surface area (Å²) in [5.41, 5.74) is 0.503. The van der Waals surface area contributed by atoms with Gasteiger partial charge in [-0.05, 0) is 30.1 Å². The van der Waals surface area contributed by atoms with Gasteiger partial charge in [0, 0.05) is 17.5 Å². The Labute approximate surface area is 105 Å². The van der Waals surface area contributed by atoms with Crippen LogP contribution in [0.1, 0.15) is 23.5 Å². The third-order valence-electron chi connectivity index (χ3n) is 2.55. The van der Waals surface area contributed by atoms with E-state index in [1.165, 1.54) is 10.9 Å². The minimum Gasteiger partial charge on any atom is -0.309 e. The molecule has 0 saturated heterocycles. The van der Waals surface area contributed by atoms with Gasteiger partial charge < -0.3 is 5.32 Å². The predicted octanol–water partition coefficient (Wildman–Crippen LogP) is 3.18. The fraction of sp³-hybridized carbons (Fsp3) is 0.308. The molecule has 0 radical (unpaired) electrons. The molecule has 0 aliphatic carbocycles. The summed E-state index contributed by atoms with van der Waals surface area (Å²) in [5.74, 6) is -0.241. The number of likely N-dealkylation sites (N-methyl/N-ethyl adjacent to an activating group) is 1. The Morgan fingerprint density at radius 2 is 2.29 bits per heavy atom. The topological polar surface area (TPSA) is 24.9 Å². The number of hydrogen-bond acceptors (Lipinski definition) is 3. The minimum absolute atomic E-state index is 0.0557. The van der Waals surface area contributed by atoms with Crippen LogP contribution in [0.4, 0.5) is 4.39 Å². The summed E-state index contributed by atoms with van der Waals surface area (Å²) >= 11 is 1.69. The van der Waals surface area contributed by atoms with Gasteiger partial charge in [0.2, 0.25) is 0 Å². The molecule has 1 unspecified atom stereocenters. The summed E-state index contributed by atoms with van der Waals surface area (Å²) in [5, 5.41) is 5.32. The van der Waals surface area contributed by atoms with Gasteiger partial charge in [0.15, 0.2) is 0 Å². The number of halogens is 1. The number of nitrogens with one attached hydrogen (secondary N) is 1. The minimum atomic E-state index is -0.241. The summed E-state index contributed by atoms with van der Waals surface area (Å²) in [6.45, 7) is 2.81. The Hall–Kier alpha value is -1.26. The Kier molecular flexibility index (Phi) is 4.23. The van der Waals surface area contributed by atoms with Crippen LogP contribution in [0.2, 0.25) is 0 Å². The van der Waals surface area contributed by atoms with Crippen LogP contribution in [-0.4, -0.2) is 11.5 Å². The van der Waals surface area contributed by atoms with Gasteiger partial charge in [-0.15, -0.1) is 11.3 Å². The second-order valence-corrected chi connectivity index (χ2v) is 4.80. The molecule has 0 amide bonds. The van der Waals surface area contributed by atoms with Crippen LogP contribution in [0.15, 0.2) is 35.8 Å². The zero-order valence-electron chi connectivity index (χ0n) is 9.69. The average Bonchev–Trinajstić information content (AvgIpc) is 2.82. The van der Waals surface area contributed by atoms with Crippen molar-refractivity contribution in [1.29, 1.82) is 0 Å². The van der Waals surface area contributed by atoms with E-state index in [1.54, 1.807) is 23.6 Å². The molecule has 17 heavy (non-hydrogen) atoms. The summed E-state index contributed by atoms with van der Waals surface area (Å²) in [6, 6.07) is 7.10. The predicted molar refractivity (Wildman–Crippen MR) is 68.6 cm³/mol. The van der Waals surface area contributed by atoms with E-state index in [4.69, 9.17) is 0 Å². The molecule has 2 aromatic rings. The molecular formula is C13H15FN2S. The van der Waals surface area contributed by atoms with E-state index in [1.807, 2.05) is 18.4 Å². The summed E-state index contributed by atoms with van der Waals surface area (Å²) < 4.78 is 13.7. The van der Waals surface area contributed by atoms with E-state index >= 15 is 0 Å². The van der Waals surface area contributed by atoms with Crippen molar-refractivity contribution < 1.29 is 4.39 Å². The van der Waals surface area contributed by atoms with Crippen LogP contribution < -0.4 is 5.32 Å². The van der Waals surface area contributed by atoms with Crippen LogP contribution in [0, 0.1) is 5.82 Å².